The molecular weight excluding hydrogens is 216 g/mol. The Morgan fingerprint density at radius 2 is 1.94 bits per heavy atom. The van der Waals surface area contributed by atoms with Gasteiger partial charge in [0.15, 0.2) is 0 Å². The van der Waals surface area contributed by atoms with Crippen molar-refractivity contribution in [2.45, 2.75) is 65.0 Å². The molecule has 1 N–H and O–H groups in total. The van der Waals surface area contributed by atoms with Crippen molar-refractivity contribution in [1.82, 2.24) is 10.3 Å². The second kappa shape index (κ2) is 7.80. The van der Waals surface area contributed by atoms with Gasteiger partial charge < -0.3 is 5.32 Å². The van der Waals surface area contributed by atoms with Crippen molar-refractivity contribution < 1.29 is 0 Å². The molecule has 1 aromatic rings. The molecule has 0 aliphatic rings. The minimum Gasteiger partial charge on any atom is -0.305 e. The van der Waals surface area contributed by atoms with Crippen LogP contribution in [0.5, 0.6) is 0 Å². The predicted octanol–water partition coefficient (Wildman–Crippen LogP) is 4.15. The quantitative estimate of drug-likeness (QED) is 0.738. The summed E-state index contributed by atoms with van der Waals surface area (Å²) < 4.78 is 0. The van der Waals surface area contributed by atoms with Gasteiger partial charge in [0.1, 0.15) is 5.01 Å². The zero-order chi connectivity index (χ0) is 11.8. The lowest BCUT2D eigenvalue weighted by atomic mass is 10.0. The molecule has 0 saturated carbocycles. The monoisotopic (exact) mass is 240 g/mol. The van der Waals surface area contributed by atoms with Gasteiger partial charge in [0.05, 0.1) is 6.04 Å². The van der Waals surface area contributed by atoms with Crippen LogP contribution in [-0.4, -0.2) is 11.0 Å². The molecule has 1 heterocycles. The van der Waals surface area contributed by atoms with Crippen molar-refractivity contribution in [2.24, 2.45) is 0 Å². The number of nitrogens with one attached hydrogen (secondary N) is 1. The maximum atomic E-state index is 4.42. The highest BCUT2D eigenvalue weighted by Crippen LogP contribution is 2.21. The van der Waals surface area contributed by atoms with Crippen molar-refractivity contribution >= 4 is 11.3 Å². The first-order valence-electron chi connectivity index (χ1n) is 6.47. The van der Waals surface area contributed by atoms with E-state index < -0.39 is 0 Å². The van der Waals surface area contributed by atoms with Crippen LogP contribution in [0.3, 0.4) is 0 Å². The first-order valence-corrected chi connectivity index (χ1v) is 7.35. The van der Waals surface area contributed by atoms with E-state index in [4.69, 9.17) is 0 Å². The van der Waals surface area contributed by atoms with E-state index >= 15 is 0 Å². The Bertz CT molecular complexity index is 253. The Hall–Kier alpha value is -0.410. The topological polar surface area (TPSA) is 24.9 Å². The number of aromatic nitrogens is 1. The summed E-state index contributed by atoms with van der Waals surface area (Å²) in [5.41, 5.74) is 0. The number of rotatable bonds is 8. The molecule has 0 amide bonds. The molecule has 0 bridgehead atoms. The van der Waals surface area contributed by atoms with Gasteiger partial charge in [-0.1, -0.05) is 33.6 Å². The average Bonchev–Trinajstić information content (AvgIpc) is 2.79. The Balaban J connectivity index is 2.53. The van der Waals surface area contributed by atoms with Crippen molar-refractivity contribution in [1.29, 1.82) is 0 Å². The maximum Gasteiger partial charge on any atom is 0.109 e. The lowest BCUT2D eigenvalue weighted by molar-refractivity contribution is 0.381. The van der Waals surface area contributed by atoms with E-state index in [-0.39, 0.29) is 0 Å². The fraction of sp³-hybridized carbons (Fsp3) is 0.769. The second-order valence-electron chi connectivity index (χ2n) is 4.27. The van der Waals surface area contributed by atoms with Gasteiger partial charge in [0, 0.05) is 17.6 Å². The lowest BCUT2D eigenvalue weighted by Gasteiger charge is -2.23. The van der Waals surface area contributed by atoms with Crippen LogP contribution < -0.4 is 5.32 Å². The van der Waals surface area contributed by atoms with Crippen LogP contribution in [-0.2, 0) is 0 Å². The zero-order valence-corrected chi connectivity index (χ0v) is 11.5. The Morgan fingerprint density at radius 1 is 1.25 bits per heavy atom. The van der Waals surface area contributed by atoms with Gasteiger partial charge in [0.25, 0.3) is 0 Å². The Labute approximate surface area is 103 Å². The minimum absolute atomic E-state index is 0.447. The van der Waals surface area contributed by atoms with Crippen molar-refractivity contribution in [3.8, 4) is 0 Å². The van der Waals surface area contributed by atoms with Crippen molar-refractivity contribution in [3.63, 3.8) is 0 Å². The van der Waals surface area contributed by atoms with Gasteiger partial charge in [-0.25, -0.2) is 4.98 Å². The third-order valence-corrected chi connectivity index (χ3v) is 3.76. The Kier molecular flexibility index (Phi) is 6.65. The second-order valence-corrected chi connectivity index (χ2v) is 5.20. The molecule has 1 atom stereocenters. The van der Waals surface area contributed by atoms with Crippen LogP contribution in [0.15, 0.2) is 11.6 Å². The third-order valence-electron chi connectivity index (χ3n) is 2.87. The lowest BCUT2D eigenvalue weighted by Crippen LogP contribution is -2.32. The standard InChI is InChI=1S/C13H24N2S/c1-4-7-11(8-5-2)15-12(6-3)13-14-9-10-16-13/h9-12,15H,4-8H2,1-3H3. The summed E-state index contributed by atoms with van der Waals surface area (Å²) in [6.45, 7) is 6.75. The van der Waals surface area contributed by atoms with E-state index in [2.05, 4.69) is 36.5 Å². The summed E-state index contributed by atoms with van der Waals surface area (Å²) in [6.07, 6.45) is 8.08. The third kappa shape index (κ3) is 4.22. The van der Waals surface area contributed by atoms with Crippen LogP contribution in [0.25, 0.3) is 0 Å². The van der Waals surface area contributed by atoms with Crippen molar-refractivity contribution in [3.05, 3.63) is 16.6 Å². The normalized spacial score (nSPS) is 13.2. The van der Waals surface area contributed by atoms with Crippen molar-refractivity contribution in [2.75, 3.05) is 0 Å². The molecule has 2 nitrogen and oxygen atoms in total. The maximum absolute atomic E-state index is 4.42. The molecule has 0 aliphatic heterocycles. The van der Waals surface area contributed by atoms with Gasteiger partial charge in [-0.3, -0.25) is 0 Å². The van der Waals surface area contributed by atoms with E-state index in [1.165, 1.54) is 30.7 Å². The van der Waals surface area contributed by atoms with E-state index in [0.717, 1.165) is 6.42 Å². The number of nitrogens with zero attached hydrogens (tertiary/aromatic N) is 1. The smallest absolute Gasteiger partial charge is 0.109 e. The Morgan fingerprint density at radius 3 is 2.38 bits per heavy atom. The van der Waals surface area contributed by atoms with Gasteiger partial charge >= 0.3 is 0 Å². The average molecular weight is 240 g/mol. The minimum atomic E-state index is 0.447. The molecule has 16 heavy (non-hydrogen) atoms. The van der Waals surface area contributed by atoms with E-state index in [9.17, 15) is 0 Å². The van der Waals surface area contributed by atoms with E-state index in [1.54, 1.807) is 11.3 Å². The van der Waals surface area contributed by atoms with Crippen LogP contribution in [0.2, 0.25) is 0 Å². The fourth-order valence-electron chi connectivity index (χ4n) is 2.06. The fourth-order valence-corrected chi connectivity index (χ4v) is 2.84. The van der Waals surface area contributed by atoms with Crippen LogP contribution in [0, 0.1) is 0 Å². The van der Waals surface area contributed by atoms with Crippen LogP contribution >= 0.6 is 11.3 Å². The molecule has 1 unspecified atom stereocenters. The molecule has 0 saturated heterocycles. The molecule has 1 rings (SSSR count). The first kappa shape index (κ1) is 13.7. The van der Waals surface area contributed by atoms with E-state index in [1.807, 2.05) is 6.20 Å². The molecule has 1 aromatic heterocycles. The molecule has 0 aliphatic carbocycles. The number of thiazole rings is 1. The van der Waals surface area contributed by atoms with Gasteiger partial charge in [-0.05, 0) is 19.3 Å². The SMILES string of the molecule is CCCC(CCC)NC(CC)c1nccs1. The number of hydrogen-bond acceptors (Lipinski definition) is 3. The van der Waals surface area contributed by atoms with Crippen LogP contribution in [0.1, 0.15) is 63.9 Å². The highest BCUT2D eigenvalue weighted by Gasteiger charge is 2.16. The zero-order valence-electron chi connectivity index (χ0n) is 10.7. The predicted molar refractivity (Wildman–Crippen MR) is 71.9 cm³/mol. The van der Waals surface area contributed by atoms with Gasteiger partial charge in [0.2, 0.25) is 0 Å². The highest BCUT2D eigenvalue weighted by molar-refractivity contribution is 7.09. The molecule has 0 aromatic carbocycles. The first-order chi connectivity index (χ1) is 7.81. The molecule has 3 heteroatoms. The summed E-state index contributed by atoms with van der Waals surface area (Å²) in [4.78, 5) is 4.42. The highest BCUT2D eigenvalue weighted by atomic mass is 32.1. The van der Waals surface area contributed by atoms with Crippen LogP contribution in [0.4, 0.5) is 0 Å². The molecule has 92 valence electrons. The summed E-state index contributed by atoms with van der Waals surface area (Å²) >= 11 is 1.76. The largest absolute Gasteiger partial charge is 0.305 e. The molecule has 0 fully saturated rings. The molecular formula is C13H24N2S. The van der Waals surface area contributed by atoms with Gasteiger partial charge in [-0.15, -0.1) is 11.3 Å². The summed E-state index contributed by atoms with van der Waals surface area (Å²) in [6, 6.07) is 1.10. The number of hydrogen-bond donors (Lipinski definition) is 1. The van der Waals surface area contributed by atoms with E-state index in [0.29, 0.717) is 12.1 Å². The van der Waals surface area contributed by atoms with Gasteiger partial charge in [-0.2, -0.15) is 0 Å². The summed E-state index contributed by atoms with van der Waals surface area (Å²) in [5.74, 6) is 0. The molecule has 0 radical (unpaired) electrons. The molecule has 0 spiro atoms. The summed E-state index contributed by atoms with van der Waals surface area (Å²) in [7, 11) is 0. The summed E-state index contributed by atoms with van der Waals surface area (Å²) in [5, 5.41) is 7.06.